The zero-order valence-corrected chi connectivity index (χ0v) is 16.0. The molecule has 28 heavy (non-hydrogen) atoms. The van der Waals surface area contributed by atoms with Gasteiger partial charge >= 0.3 is 5.91 Å². The van der Waals surface area contributed by atoms with Crippen LogP contribution in [0.15, 0.2) is 86.9 Å². The van der Waals surface area contributed by atoms with Crippen LogP contribution in [0.1, 0.15) is 10.5 Å². The molecule has 0 fully saturated rings. The third kappa shape index (κ3) is 3.76. The Morgan fingerprint density at radius 2 is 1.89 bits per heavy atom. The van der Waals surface area contributed by atoms with Gasteiger partial charge < -0.3 is 10.7 Å². The summed E-state index contributed by atoms with van der Waals surface area (Å²) in [7, 11) is 0. The number of halogens is 1. The largest absolute Gasteiger partial charge is 0.385 e. The second-order valence-electron chi connectivity index (χ2n) is 5.84. The van der Waals surface area contributed by atoms with Gasteiger partial charge in [0.15, 0.2) is 5.82 Å². The summed E-state index contributed by atoms with van der Waals surface area (Å²) in [6, 6.07) is 18.4. The van der Waals surface area contributed by atoms with Crippen LogP contribution in [0.25, 0.3) is 10.8 Å². The quantitative estimate of drug-likeness (QED) is 0.413. The number of amides is 1. The van der Waals surface area contributed by atoms with Crippen LogP contribution in [0.3, 0.4) is 0 Å². The fraction of sp³-hybridized carbons (Fsp3) is 0. The molecule has 0 aliphatic heterocycles. The number of azo groups is 1. The predicted molar refractivity (Wildman–Crippen MR) is 111 cm³/mol. The number of hydrogen-bond donors (Lipinski definition) is 2. The van der Waals surface area contributed by atoms with Crippen LogP contribution in [0.5, 0.6) is 0 Å². The Morgan fingerprint density at radius 3 is 2.64 bits per heavy atom. The molecule has 138 valence electrons. The summed E-state index contributed by atoms with van der Waals surface area (Å²) in [6.45, 7) is 0. The molecular formula is C20H14ClN5OS. The van der Waals surface area contributed by atoms with Gasteiger partial charge in [-0.15, -0.1) is 10.2 Å². The van der Waals surface area contributed by atoms with E-state index in [1.54, 1.807) is 30.0 Å². The number of aromatic nitrogens is 2. The highest BCUT2D eigenvalue weighted by atomic mass is 35.5. The van der Waals surface area contributed by atoms with E-state index in [9.17, 15) is 4.79 Å². The topological polar surface area (TPSA) is 96.5 Å². The van der Waals surface area contributed by atoms with Gasteiger partial charge in [-0.2, -0.15) is 0 Å². The number of fused-ring (bicyclic) bond motifs is 1. The molecule has 0 bridgehead atoms. The molecule has 3 N–H and O–H groups in total. The Kier molecular flexibility index (Phi) is 5.10. The van der Waals surface area contributed by atoms with Crippen LogP contribution in [0, 0.1) is 0 Å². The number of nitrogens with one attached hydrogen (secondary N) is 1. The number of nitrogens with two attached hydrogens (primary N) is 1. The Bertz CT molecular complexity index is 1170. The molecule has 0 radical (unpaired) electrons. The normalized spacial score (nSPS) is 11.3. The Morgan fingerprint density at radius 1 is 1.07 bits per heavy atom. The first-order valence-corrected chi connectivity index (χ1v) is 9.52. The zero-order chi connectivity index (χ0) is 19.5. The summed E-state index contributed by atoms with van der Waals surface area (Å²) in [6.07, 6.45) is 1.53. The van der Waals surface area contributed by atoms with Crippen molar-refractivity contribution in [3.05, 3.63) is 77.6 Å². The summed E-state index contributed by atoms with van der Waals surface area (Å²) in [4.78, 5) is 21.1. The van der Waals surface area contributed by atoms with Crippen LogP contribution in [-0.4, -0.2) is 15.9 Å². The molecule has 8 heteroatoms. The molecule has 0 spiro atoms. The molecule has 2 heterocycles. The minimum atomic E-state index is -0.523. The lowest BCUT2D eigenvalue weighted by Gasteiger charge is -2.04. The fourth-order valence-corrected chi connectivity index (χ4v) is 3.79. The van der Waals surface area contributed by atoms with Gasteiger partial charge in [-0.05, 0) is 42.5 Å². The van der Waals surface area contributed by atoms with Gasteiger partial charge in [-0.25, -0.2) is 0 Å². The third-order valence-corrected chi connectivity index (χ3v) is 5.29. The number of carbonyl (C=O) groups excluding carboxylic acids is 1. The number of H-pyrrole nitrogens is 1. The predicted octanol–water partition coefficient (Wildman–Crippen LogP) is 5.87. The number of rotatable bonds is 4. The number of aromatic amines is 1. The number of benzene rings is 2. The van der Waals surface area contributed by atoms with E-state index in [0.29, 0.717) is 16.7 Å². The highest BCUT2D eigenvalue weighted by Gasteiger charge is 2.14. The lowest BCUT2D eigenvalue weighted by Crippen LogP contribution is -1.96. The molecule has 4 aromatic rings. The number of carbonyl (C=O) groups is 1. The molecule has 1 amide bonds. The Labute approximate surface area is 169 Å². The summed E-state index contributed by atoms with van der Waals surface area (Å²) in [5, 5.41) is 10.2. The maximum Gasteiger partial charge on any atom is 0.313 e. The summed E-state index contributed by atoms with van der Waals surface area (Å²) in [5.74, 6) is 0.367. The second kappa shape index (κ2) is 7.84. The van der Waals surface area contributed by atoms with Crippen molar-refractivity contribution in [1.82, 2.24) is 9.97 Å². The lowest BCUT2D eigenvalue weighted by atomic mass is 10.2. The van der Waals surface area contributed by atoms with Crippen LogP contribution in [0.2, 0.25) is 5.02 Å². The second-order valence-corrected chi connectivity index (χ2v) is 7.39. The number of pyridine rings is 1. The maximum atomic E-state index is 12.2. The van der Waals surface area contributed by atoms with E-state index < -0.39 is 5.91 Å². The van der Waals surface area contributed by atoms with Crippen molar-refractivity contribution in [2.45, 2.75) is 9.79 Å². The molecule has 0 aliphatic carbocycles. The zero-order valence-electron chi connectivity index (χ0n) is 14.5. The average Bonchev–Trinajstić information content (AvgIpc) is 3.05. The Hall–Kier alpha value is -3.16. The van der Waals surface area contributed by atoms with E-state index in [4.69, 9.17) is 17.3 Å². The third-order valence-electron chi connectivity index (χ3n) is 3.97. The van der Waals surface area contributed by atoms with Gasteiger partial charge in [-0.3, -0.25) is 9.78 Å². The molecule has 0 unspecified atom stereocenters. The van der Waals surface area contributed by atoms with Crippen LogP contribution in [0.4, 0.5) is 11.6 Å². The number of anilines is 1. The van der Waals surface area contributed by atoms with Crippen LogP contribution < -0.4 is 5.73 Å². The van der Waals surface area contributed by atoms with Gasteiger partial charge in [-0.1, -0.05) is 41.6 Å². The van der Waals surface area contributed by atoms with E-state index in [-0.39, 0.29) is 5.69 Å². The van der Waals surface area contributed by atoms with E-state index in [2.05, 4.69) is 20.2 Å². The summed E-state index contributed by atoms with van der Waals surface area (Å²) >= 11 is 7.52. The SMILES string of the molecule is Nc1[nH]c(N=NC(=O)c2ccccn2)c2c(Sc3ccc(Cl)cc3)cccc12. The van der Waals surface area contributed by atoms with Crippen molar-refractivity contribution in [2.75, 3.05) is 5.73 Å². The molecule has 0 saturated heterocycles. The minimum Gasteiger partial charge on any atom is -0.385 e. The van der Waals surface area contributed by atoms with E-state index >= 15 is 0 Å². The molecular weight excluding hydrogens is 394 g/mol. The highest BCUT2D eigenvalue weighted by Crippen LogP contribution is 2.40. The smallest absolute Gasteiger partial charge is 0.313 e. The van der Waals surface area contributed by atoms with Crippen molar-refractivity contribution in [2.24, 2.45) is 10.2 Å². The van der Waals surface area contributed by atoms with E-state index in [1.807, 2.05) is 42.5 Å². The van der Waals surface area contributed by atoms with Gasteiger partial charge in [0, 0.05) is 31.8 Å². The Balaban J connectivity index is 1.71. The molecule has 4 rings (SSSR count). The number of nitrogen functional groups attached to an aromatic ring is 1. The maximum absolute atomic E-state index is 12.2. The van der Waals surface area contributed by atoms with Gasteiger partial charge in [0.25, 0.3) is 0 Å². The first-order valence-electron chi connectivity index (χ1n) is 8.32. The van der Waals surface area contributed by atoms with Crippen molar-refractivity contribution in [3.8, 4) is 0 Å². The standard InChI is InChI=1S/C20H14ClN5OS/c21-12-7-9-13(10-8-12)28-16-6-3-4-14-17(16)19(24-18(14)22)25-26-20(27)15-5-1-2-11-23-15/h1-11,24H,22H2. The summed E-state index contributed by atoms with van der Waals surface area (Å²) < 4.78 is 0. The first-order chi connectivity index (χ1) is 13.6. The lowest BCUT2D eigenvalue weighted by molar-refractivity contribution is 0.0990. The number of hydrogen-bond acceptors (Lipinski definition) is 5. The first kappa shape index (κ1) is 18.2. The highest BCUT2D eigenvalue weighted by molar-refractivity contribution is 7.99. The van der Waals surface area contributed by atoms with Crippen molar-refractivity contribution in [3.63, 3.8) is 0 Å². The summed E-state index contributed by atoms with van der Waals surface area (Å²) in [5.41, 5.74) is 6.32. The molecule has 0 atom stereocenters. The van der Waals surface area contributed by atoms with Gasteiger partial charge in [0.2, 0.25) is 0 Å². The van der Waals surface area contributed by atoms with Crippen molar-refractivity contribution >= 4 is 51.7 Å². The van der Waals surface area contributed by atoms with Gasteiger partial charge in [0.05, 0.1) is 0 Å². The van der Waals surface area contributed by atoms with E-state index in [0.717, 1.165) is 20.6 Å². The molecule has 2 aromatic heterocycles. The minimum absolute atomic E-state index is 0.228. The molecule has 2 aromatic carbocycles. The molecule has 6 nitrogen and oxygen atoms in total. The van der Waals surface area contributed by atoms with E-state index in [1.165, 1.54) is 6.20 Å². The molecule has 0 saturated carbocycles. The van der Waals surface area contributed by atoms with Gasteiger partial charge in [0.1, 0.15) is 11.5 Å². The van der Waals surface area contributed by atoms with Crippen molar-refractivity contribution in [1.29, 1.82) is 0 Å². The number of nitrogens with zero attached hydrogens (tertiary/aromatic N) is 3. The van der Waals surface area contributed by atoms with Crippen molar-refractivity contribution < 1.29 is 4.79 Å². The van der Waals surface area contributed by atoms with Crippen LogP contribution >= 0.6 is 23.4 Å². The fourth-order valence-electron chi connectivity index (χ4n) is 2.68. The average molecular weight is 408 g/mol. The van der Waals surface area contributed by atoms with Crippen LogP contribution in [-0.2, 0) is 0 Å². The molecule has 0 aliphatic rings. The monoisotopic (exact) mass is 407 g/mol.